The highest BCUT2D eigenvalue weighted by Gasteiger charge is 2.57. The topological polar surface area (TPSA) is 67.2 Å². The van der Waals surface area contributed by atoms with Crippen LogP contribution < -0.4 is 10.2 Å². The second-order valence-corrected chi connectivity index (χ2v) is 7.33. The van der Waals surface area contributed by atoms with Gasteiger partial charge in [0.2, 0.25) is 11.8 Å². The van der Waals surface area contributed by atoms with Gasteiger partial charge < -0.3 is 10.2 Å². The molecule has 0 saturated heterocycles. The van der Waals surface area contributed by atoms with E-state index in [2.05, 4.69) is 10.4 Å². The van der Waals surface area contributed by atoms with Crippen molar-refractivity contribution < 1.29 is 14.0 Å². The number of nitrogens with one attached hydrogen (secondary N) is 1. The van der Waals surface area contributed by atoms with Gasteiger partial charge >= 0.3 is 0 Å². The van der Waals surface area contributed by atoms with Gasteiger partial charge in [0.25, 0.3) is 0 Å². The standard InChI is InChI=1S/C20H14ClFN4O2/c1-25-15-4-2-3-14(21)17(15)20(19(25)28)9-16(27)24-18-13(20)10-23-26(18)12-7-5-11(22)6-8-12/h2-8,10H,9H2,1H3,(H,24,27). The number of benzene rings is 2. The Bertz CT molecular complexity index is 1160. The summed E-state index contributed by atoms with van der Waals surface area (Å²) in [6, 6.07) is 11.0. The molecule has 2 aliphatic rings. The molecule has 5 rings (SSSR count). The summed E-state index contributed by atoms with van der Waals surface area (Å²) in [4.78, 5) is 27.6. The average molecular weight is 397 g/mol. The SMILES string of the molecule is CN1C(=O)C2(CC(=O)Nc3c2cnn3-c2ccc(F)cc2)c2c(Cl)cccc21. The van der Waals surface area contributed by atoms with Crippen LogP contribution in [0.5, 0.6) is 0 Å². The Hall–Kier alpha value is -3.19. The highest BCUT2D eigenvalue weighted by Crippen LogP contribution is 2.54. The molecule has 1 N–H and O–H groups in total. The van der Waals surface area contributed by atoms with E-state index in [0.29, 0.717) is 33.3 Å². The molecule has 1 aromatic heterocycles. The molecule has 2 aromatic carbocycles. The van der Waals surface area contributed by atoms with E-state index in [1.54, 1.807) is 37.5 Å². The fourth-order valence-corrected chi connectivity index (χ4v) is 4.53. The molecule has 0 aliphatic carbocycles. The second-order valence-electron chi connectivity index (χ2n) is 6.92. The minimum absolute atomic E-state index is 0.0605. The van der Waals surface area contributed by atoms with Crippen molar-refractivity contribution in [1.82, 2.24) is 9.78 Å². The van der Waals surface area contributed by atoms with Crippen molar-refractivity contribution in [3.63, 3.8) is 0 Å². The maximum Gasteiger partial charge on any atom is 0.242 e. The van der Waals surface area contributed by atoms with Crippen molar-refractivity contribution in [1.29, 1.82) is 0 Å². The molecule has 8 heteroatoms. The maximum absolute atomic E-state index is 13.4. The number of carbonyl (C=O) groups excluding carboxylic acids is 2. The van der Waals surface area contributed by atoms with Crippen molar-refractivity contribution in [2.45, 2.75) is 11.8 Å². The lowest BCUT2D eigenvalue weighted by Crippen LogP contribution is -2.45. The molecule has 2 amide bonds. The molecule has 0 saturated carbocycles. The third-order valence-electron chi connectivity index (χ3n) is 5.43. The fourth-order valence-electron chi connectivity index (χ4n) is 4.20. The van der Waals surface area contributed by atoms with Crippen LogP contribution in [-0.2, 0) is 15.0 Å². The molecule has 3 heterocycles. The Kier molecular flexibility index (Phi) is 3.42. The Balaban J connectivity index is 1.79. The highest BCUT2D eigenvalue weighted by atomic mass is 35.5. The Morgan fingerprint density at radius 2 is 1.93 bits per heavy atom. The summed E-state index contributed by atoms with van der Waals surface area (Å²) in [5.74, 6) is -0.535. The smallest absolute Gasteiger partial charge is 0.242 e. The van der Waals surface area contributed by atoms with Gasteiger partial charge in [0.05, 0.1) is 11.9 Å². The first-order valence-electron chi connectivity index (χ1n) is 8.65. The van der Waals surface area contributed by atoms with Gasteiger partial charge in [-0.25, -0.2) is 9.07 Å². The van der Waals surface area contributed by atoms with Gasteiger partial charge in [0.1, 0.15) is 17.1 Å². The maximum atomic E-state index is 13.4. The molecule has 2 aliphatic heterocycles. The van der Waals surface area contributed by atoms with Gasteiger partial charge in [0, 0.05) is 35.3 Å². The lowest BCUT2D eigenvalue weighted by atomic mass is 9.71. The summed E-state index contributed by atoms with van der Waals surface area (Å²) in [5.41, 5.74) is 1.18. The number of hydrogen-bond donors (Lipinski definition) is 1. The lowest BCUT2D eigenvalue weighted by Gasteiger charge is -2.32. The molecular weight excluding hydrogens is 383 g/mol. The van der Waals surface area contributed by atoms with Crippen LogP contribution in [0.25, 0.3) is 5.69 Å². The number of aromatic nitrogens is 2. The molecular formula is C20H14ClFN4O2. The lowest BCUT2D eigenvalue weighted by molar-refractivity contribution is -0.126. The van der Waals surface area contributed by atoms with Gasteiger partial charge in [-0.1, -0.05) is 17.7 Å². The Labute approximate surface area is 164 Å². The van der Waals surface area contributed by atoms with Crippen LogP contribution in [0.15, 0.2) is 48.7 Å². The van der Waals surface area contributed by atoms with E-state index in [0.717, 1.165) is 0 Å². The van der Waals surface area contributed by atoms with Crippen LogP contribution in [0.4, 0.5) is 15.9 Å². The summed E-state index contributed by atoms with van der Waals surface area (Å²) >= 11 is 6.50. The number of amides is 2. The second kappa shape index (κ2) is 5.65. The molecule has 0 bridgehead atoms. The van der Waals surface area contributed by atoms with Gasteiger partial charge in [-0.15, -0.1) is 0 Å². The van der Waals surface area contributed by atoms with Crippen LogP contribution in [0.2, 0.25) is 5.02 Å². The van der Waals surface area contributed by atoms with Crippen LogP contribution in [0, 0.1) is 5.82 Å². The van der Waals surface area contributed by atoms with E-state index >= 15 is 0 Å². The molecule has 28 heavy (non-hydrogen) atoms. The molecule has 140 valence electrons. The summed E-state index contributed by atoms with van der Waals surface area (Å²) in [7, 11) is 1.67. The Morgan fingerprint density at radius 3 is 2.68 bits per heavy atom. The van der Waals surface area contributed by atoms with Crippen molar-refractivity contribution >= 4 is 34.9 Å². The minimum atomic E-state index is -1.24. The molecule has 0 fully saturated rings. The number of anilines is 2. The number of likely N-dealkylation sites (N-methyl/N-ethyl adjacent to an activating group) is 1. The zero-order valence-corrected chi connectivity index (χ0v) is 15.5. The minimum Gasteiger partial charge on any atom is -0.314 e. The van der Waals surface area contributed by atoms with Crippen LogP contribution in [0.3, 0.4) is 0 Å². The predicted molar refractivity (Wildman–Crippen MR) is 102 cm³/mol. The molecule has 3 aromatic rings. The third kappa shape index (κ3) is 2.05. The number of rotatable bonds is 1. The van der Waals surface area contributed by atoms with E-state index < -0.39 is 5.41 Å². The van der Waals surface area contributed by atoms with Crippen molar-refractivity contribution in [2.75, 3.05) is 17.3 Å². The van der Waals surface area contributed by atoms with E-state index in [1.165, 1.54) is 21.7 Å². The van der Waals surface area contributed by atoms with Crippen LogP contribution in [-0.4, -0.2) is 28.6 Å². The number of fused-ring (bicyclic) bond motifs is 4. The molecule has 0 radical (unpaired) electrons. The van der Waals surface area contributed by atoms with Crippen molar-refractivity contribution in [3.05, 3.63) is 70.6 Å². The average Bonchev–Trinajstić information content (AvgIpc) is 3.18. The van der Waals surface area contributed by atoms with Crippen molar-refractivity contribution in [3.8, 4) is 5.69 Å². The number of nitrogens with zero attached hydrogens (tertiary/aromatic N) is 3. The quantitative estimate of drug-likeness (QED) is 0.686. The fraction of sp³-hybridized carbons (Fsp3) is 0.150. The Morgan fingerprint density at radius 1 is 1.18 bits per heavy atom. The van der Waals surface area contributed by atoms with Gasteiger partial charge in [-0.2, -0.15) is 5.10 Å². The van der Waals surface area contributed by atoms with Crippen molar-refractivity contribution in [2.24, 2.45) is 0 Å². The molecule has 1 atom stereocenters. The third-order valence-corrected chi connectivity index (χ3v) is 5.75. The number of halogens is 2. The van der Waals surface area contributed by atoms with E-state index in [1.807, 2.05) is 6.07 Å². The van der Waals surface area contributed by atoms with E-state index in [4.69, 9.17) is 11.6 Å². The van der Waals surface area contributed by atoms with Gasteiger partial charge in [0.15, 0.2) is 0 Å². The highest BCUT2D eigenvalue weighted by molar-refractivity contribution is 6.33. The first kappa shape index (κ1) is 16.9. The largest absolute Gasteiger partial charge is 0.314 e. The predicted octanol–water partition coefficient (Wildman–Crippen LogP) is 3.27. The summed E-state index contributed by atoms with van der Waals surface area (Å²) < 4.78 is 14.8. The molecule has 1 spiro atoms. The van der Waals surface area contributed by atoms with Crippen LogP contribution >= 0.6 is 11.6 Å². The van der Waals surface area contributed by atoms with E-state index in [-0.39, 0.29) is 24.1 Å². The molecule has 1 unspecified atom stereocenters. The first-order valence-corrected chi connectivity index (χ1v) is 9.03. The van der Waals surface area contributed by atoms with Gasteiger partial charge in [-0.3, -0.25) is 9.59 Å². The van der Waals surface area contributed by atoms with E-state index in [9.17, 15) is 14.0 Å². The van der Waals surface area contributed by atoms with Crippen LogP contribution in [0.1, 0.15) is 17.5 Å². The molecule has 6 nitrogen and oxygen atoms in total. The van der Waals surface area contributed by atoms with Gasteiger partial charge in [-0.05, 0) is 36.4 Å². The monoisotopic (exact) mass is 396 g/mol. The summed E-state index contributed by atoms with van der Waals surface area (Å²) in [6.45, 7) is 0. The first-order chi connectivity index (χ1) is 13.4. The normalized spacial score (nSPS) is 20.3. The summed E-state index contributed by atoms with van der Waals surface area (Å²) in [5, 5.41) is 7.61. The number of carbonyl (C=O) groups is 2. The zero-order chi connectivity index (χ0) is 19.6. The number of hydrogen-bond acceptors (Lipinski definition) is 3. The summed E-state index contributed by atoms with van der Waals surface area (Å²) in [6.07, 6.45) is 1.51. The zero-order valence-electron chi connectivity index (χ0n) is 14.7.